The van der Waals surface area contributed by atoms with Crippen LogP contribution in [0.5, 0.6) is 11.5 Å². The number of carbonyl (C=O) groups excluding carboxylic acids is 1. The van der Waals surface area contributed by atoms with Crippen LogP contribution in [0.2, 0.25) is 0 Å². The Morgan fingerprint density at radius 2 is 1.76 bits per heavy atom. The molecule has 2 atom stereocenters. The van der Waals surface area contributed by atoms with Crippen LogP contribution in [-0.2, 0) is 4.74 Å². The number of nitrogens with one attached hydrogen (secondary N) is 1. The lowest BCUT2D eigenvalue weighted by Gasteiger charge is -2.16. The van der Waals surface area contributed by atoms with Crippen molar-refractivity contribution in [1.29, 1.82) is 0 Å². The molecule has 7 rings (SSSR count). The summed E-state index contributed by atoms with van der Waals surface area (Å²) < 4.78 is 13.5. The molecule has 41 heavy (non-hydrogen) atoms. The Balaban J connectivity index is 1.07. The number of nitrogens with two attached hydrogens (primary N) is 1. The van der Waals surface area contributed by atoms with Gasteiger partial charge in [-0.1, -0.05) is 30.3 Å². The van der Waals surface area contributed by atoms with Crippen LogP contribution in [0.1, 0.15) is 22.8 Å². The molecule has 0 radical (unpaired) electrons. The SMILES string of the molecule is Nc1ncnc2c1c(-c1ccc(C(=O)Nc3ccc(Oc4ccccc4)cc3)cc1)cn2[C@H]1CCN(C[C@@H]2CO2)C1. The highest BCUT2D eigenvalue weighted by Gasteiger charge is 2.32. The van der Waals surface area contributed by atoms with Gasteiger partial charge in [0.2, 0.25) is 0 Å². The van der Waals surface area contributed by atoms with Crippen LogP contribution < -0.4 is 15.8 Å². The minimum absolute atomic E-state index is 0.191. The number of para-hydroxylation sites is 1. The smallest absolute Gasteiger partial charge is 0.255 e. The third-order valence-corrected chi connectivity index (χ3v) is 7.69. The number of amides is 1. The quantitative estimate of drug-likeness (QED) is 0.252. The summed E-state index contributed by atoms with van der Waals surface area (Å²) in [6.07, 6.45) is 5.08. The van der Waals surface area contributed by atoms with Gasteiger partial charge in [0.1, 0.15) is 29.3 Å². The standard InChI is InChI=1S/C32H30N6O3/c33-30-29-28(18-38(31(29)35-20-34-30)24-14-15-37(16-24)17-27-19-40-27)21-6-8-22(9-7-21)32(39)36-23-10-12-26(13-11-23)41-25-4-2-1-3-5-25/h1-13,18,20,24,27H,14-17,19H2,(H,36,39)(H2,33,34,35)/t24-,27+/m0/s1. The second-order valence-electron chi connectivity index (χ2n) is 10.5. The minimum atomic E-state index is -0.191. The second-order valence-corrected chi connectivity index (χ2v) is 10.5. The van der Waals surface area contributed by atoms with Gasteiger partial charge in [0.25, 0.3) is 5.91 Å². The summed E-state index contributed by atoms with van der Waals surface area (Å²) in [4.78, 5) is 24.3. The molecule has 2 aromatic heterocycles. The molecular formula is C32H30N6O3. The van der Waals surface area contributed by atoms with Crippen LogP contribution in [-0.4, -0.2) is 57.7 Å². The molecule has 9 heteroatoms. The van der Waals surface area contributed by atoms with Crippen LogP contribution in [0, 0.1) is 0 Å². The van der Waals surface area contributed by atoms with E-state index in [-0.39, 0.29) is 5.91 Å². The Bertz CT molecular complexity index is 1680. The number of epoxide rings is 1. The van der Waals surface area contributed by atoms with Gasteiger partial charge in [0.15, 0.2) is 0 Å². The van der Waals surface area contributed by atoms with Crippen molar-refractivity contribution in [3.8, 4) is 22.6 Å². The molecule has 2 fully saturated rings. The number of ether oxygens (including phenoxy) is 2. The fraction of sp³-hybridized carbons (Fsp3) is 0.219. The number of rotatable bonds is 8. The van der Waals surface area contributed by atoms with Gasteiger partial charge in [0, 0.05) is 48.7 Å². The number of likely N-dealkylation sites (tertiary alicyclic amines) is 1. The highest BCUT2D eigenvalue weighted by molar-refractivity contribution is 6.05. The summed E-state index contributed by atoms with van der Waals surface area (Å²) in [5.74, 6) is 1.72. The van der Waals surface area contributed by atoms with Crippen molar-refractivity contribution in [3.63, 3.8) is 0 Å². The summed E-state index contributed by atoms with van der Waals surface area (Å²) in [5, 5.41) is 3.80. The van der Waals surface area contributed by atoms with E-state index in [1.807, 2.05) is 78.9 Å². The Morgan fingerprint density at radius 3 is 2.51 bits per heavy atom. The maximum absolute atomic E-state index is 13.0. The molecule has 0 aliphatic carbocycles. The second kappa shape index (κ2) is 10.7. The Labute approximate surface area is 237 Å². The predicted octanol–water partition coefficient (Wildman–Crippen LogP) is 5.37. The molecule has 9 nitrogen and oxygen atoms in total. The average Bonchev–Trinajstić information content (AvgIpc) is 3.54. The number of nitrogen functional groups attached to an aromatic ring is 1. The Hall–Kier alpha value is -4.73. The van der Waals surface area contributed by atoms with Crippen LogP contribution in [0.25, 0.3) is 22.2 Å². The largest absolute Gasteiger partial charge is 0.457 e. The fourth-order valence-electron chi connectivity index (χ4n) is 5.51. The zero-order chi connectivity index (χ0) is 27.8. The van der Waals surface area contributed by atoms with Gasteiger partial charge in [-0.25, -0.2) is 9.97 Å². The lowest BCUT2D eigenvalue weighted by Crippen LogP contribution is -2.25. The number of hydrogen-bond donors (Lipinski definition) is 2. The number of hydrogen-bond acceptors (Lipinski definition) is 7. The van der Waals surface area contributed by atoms with E-state index in [9.17, 15) is 4.79 Å². The zero-order valence-corrected chi connectivity index (χ0v) is 22.4. The maximum Gasteiger partial charge on any atom is 0.255 e. The molecule has 0 bridgehead atoms. The van der Waals surface area contributed by atoms with Gasteiger partial charge in [-0.15, -0.1) is 0 Å². The van der Waals surface area contributed by atoms with Crippen molar-refractivity contribution in [1.82, 2.24) is 19.4 Å². The van der Waals surface area contributed by atoms with E-state index in [4.69, 9.17) is 15.2 Å². The number of aromatic nitrogens is 3. The number of nitrogens with zero attached hydrogens (tertiary/aromatic N) is 4. The first kappa shape index (κ1) is 25.3. The topological polar surface area (TPSA) is 111 Å². The Kier molecular flexibility index (Phi) is 6.58. The molecule has 0 unspecified atom stereocenters. The summed E-state index contributed by atoms with van der Waals surface area (Å²) in [6, 6.07) is 24.7. The third-order valence-electron chi connectivity index (χ3n) is 7.69. The average molecular weight is 547 g/mol. The van der Waals surface area contributed by atoms with Gasteiger partial charge in [-0.05, 0) is 60.5 Å². The van der Waals surface area contributed by atoms with E-state index in [1.165, 1.54) is 6.33 Å². The molecule has 0 spiro atoms. The first-order chi connectivity index (χ1) is 20.1. The first-order valence-corrected chi connectivity index (χ1v) is 13.8. The van der Waals surface area contributed by atoms with E-state index < -0.39 is 0 Å². The predicted molar refractivity (Wildman–Crippen MR) is 158 cm³/mol. The number of carbonyl (C=O) groups is 1. The molecule has 3 N–H and O–H groups in total. The van der Waals surface area contributed by atoms with Crippen LogP contribution in [0.15, 0.2) is 91.4 Å². The highest BCUT2D eigenvalue weighted by Crippen LogP contribution is 2.36. The van der Waals surface area contributed by atoms with Crippen molar-refractivity contribution in [2.24, 2.45) is 0 Å². The summed E-state index contributed by atoms with van der Waals surface area (Å²) in [7, 11) is 0. The number of anilines is 2. The third kappa shape index (κ3) is 5.37. The van der Waals surface area contributed by atoms with E-state index in [1.54, 1.807) is 0 Å². The van der Waals surface area contributed by atoms with Crippen molar-refractivity contribution >= 4 is 28.4 Å². The van der Waals surface area contributed by atoms with E-state index >= 15 is 0 Å². The number of fused-ring (bicyclic) bond motifs is 1. The lowest BCUT2D eigenvalue weighted by atomic mass is 10.0. The molecule has 2 saturated heterocycles. The van der Waals surface area contributed by atoms with Gasteiger partial charge in [-0.3, -0.25) is 9.69 Å². The molecule has 206 valence electrons. The van der Waals surface area contributed by atoms with Gasteiger partial charge < -0.3 is 25.1 Å². The summed E-state index contributed by atoms with van der Waals surface area (Å²) in [6.45, 7) is 3.83. The molecule has 4 heterocycles. The van der Waals surface area contributed by atoms with Gasteiger partial charge >= 0.3 is 0 Å². The molecular weight excluding hydrogens is 516 g/mol. The van der Waals surface area contributed by atoms with E-state index in [2.05, 4.69) is 30.9 Å². The highest BCUT2D eigenvalue weighted by atomic mass is 16.6. The first-order valence-electron chi connectivity index (χ1n) is 13.8. The normalized spacial score (nSPS) is 18.4. The zero-order valence-electron chi connectivity index (χ0n) is 22.4. The van der Waals surface area contributed by atoms with Crippen LogP contribution in [0.3, 0.4) is 0 Å². The fourth-order valence-corrected chi connectivity index (χ4v) is 5.51. The molecule has 0 saturated carbocycles. The van der Waals surface area contributed by atoms with Gasteiger partial charge in [-0.2, -0.15) is 0 Å². The monoisotopic (exact) mass is 546 g/mol. The van der Waals surface area contributed by atoms with Crippen molar-refractivity contribution < 1.29 is 14.3 Å². The van der Waals surface area contributed by atoms with Crippen molar-refractivity contribution in [2.75, 3.05) is 37.3 Å². The van der Waals surface area contributed by atoms with E-state index in [0.717, 1.165) is 60.6 Å². The lowest BCUT2D eigenvalue weighted by molar-refractivity contribution is 0.102. The molecule has 1 amide bonds. The maximum atomic E-state index is 13.0. The number of benzene rings is 3. The minimum Gasteiger partial charge on any atom is -0.457 e. The molecule has 2 aliphatic heterocycles. The van der Waals surface area contributed by atoms with Crippen molar-refractivity contribution in [3.05, 3.63) is 97.0 Å². The summed E-state index contributed by atoms with van der Waals surface area (Å²) >= 11 is 0. The summed E-state index contributed by atoms with van der Waals surface area (Å²) in [5.41, 5.74) is 10.4. The van der Waals surface area contributed by atoms with E-state index in [0.29, 0.717) is 35.0 Å². The van der Waals surface area contributed by atoms with Crippen molar-refractivity contribution in [2.45, 2.75) is 18.6 Å². The van der Waals surface area contributed by atoms with Crippen LogP contribution >= 0.6 is 0 Å². The molecule has 3 aromatic carbocycles. The molecule has 2 aliphatic rings. The Morgan fingerprint density at radius 1 is 1.00 bits per heavy atom. The van der Waals surface area contributed by atoms with Crippen LogP contribution in [0.4, 0.5) is 11.5 Å². The molecule has 5 aromatic rings. The van der Waals surface area contributed by atoms with Gasteiger partial charge in [0.05, 0.1) is 18.1 Å².